The number of nitriles is 1. The fraction of sp³-hybridized carbons (Fsp3) is 0.100. The van der Waals surface area contributed by atoms with Gasteiger partial charge in [0.1, 0.15) is 24.0 Å². The van der Waals surface area contributed by atoms with Crippen molar-refractivity contribution < 1.29 is 14.3 Å². The molecule has 0 aromatic heterocycles. The minimum atomic E-state index is -0.492. The van der Waals surface area contributed by atoms with Gasteiger partial charge in [-0.1, -0.05) is 60.7 Å². The fourth-order valence-electron chi connectivity index (χ4n) is 2.68. The number of methoxy groups -OCH3 is 1. The summed E-state index contributed by atoms with van der Waals surface area (Å²) in [5.74, 6) is -0.0154. The molecule has 2 aromatic carbocycles. The molecular weight excluding hydrogens is 302 g/mol. The van der Waals surface area contributed by atoms with Gasteiger partial charge in [0.05, 0.1) is 12.7 Å². The maximum Gasteiger partial charge on any atom is 0.337 e. The predicted octanol–water partition coefficient (Wildman–Crippen LogP) is 3.58. The van der Waals surface area contributed by atoms with E-state index in [0.717, 1.165) is 11.1 Å². The number of hydrogen-bond acceptors (Lipinski definition) is 4. The summed E-state index contributed by atoms with van der Waals surface area (Å²) in [5, 5.41) is 9.75. The molecule has 0 amide bonds. The second-order valence-electron chi connectivity index (χ2n) is 5.18. The molecule has 0 fully saturated rings. The van der Waals surface area contributed by atoms with Crippen LogP contribution >= 0.6 is 0 Å². The molecule has 0 N–H and O–H groups in total. The molecule has 0 spiro atoms. The van der Waals surface area contributed by atoms with Crippen LogP contribution in [-0.4, -0.2) is 19.7 Å². The molecule has 4 nitrogen and oxygen atoms in total. The van der Waals surface area contributed by atoms with E-state index in [2.05, 4.69) is 6.07 Å². The number of hydrogen-bond donors (Lipinski definition) is 0. The van der Waals surface area contributed by atoms with E-state index in [0.29, 0.717) is 22.5 Å². The van der Waals surface area contributed by atoms with Crippen LogP contribution in [0.4, 0.5) is 0 Å². The highest BCUT2D eigenvalue weighted by Gasteiger charge is 2.29. The number of nitrogens with zero attached hydrogens (tertiary/aromatic N) is 1. The number of carbonyl (C=O) groups excluding carboxylic acids is 1. The molecule has 0 saturated carbocycles. The number of carbonyl (C=O) groups is 1. The molecule has 1 aliphatic rings. The standard InChI is InChI=1S/C20H15NO3/c1-23-20(22)17-13-24-19(15-10-6-3-7-11-15)16(12-21)18(17)14-8-4-2-5-9-14/h2-11H,13H2,1H3. The van der Waals surface area contributed by atoms with Gasteiger partial charge in [-0.25, -0.2) is 4.79 Å². The Morgan fingerprint density at radius 2 is 1.62 bits per heavy atom. The Labute approximate surface area is 140 Å². The Hall–Kier alpha value is -3.32. The number of allylic oxidation sites excluding steroid dienone is 2. The molecule has 24 heavy (non-hydrogen) atoms. The molecule has 4 heteroatoms. The van der Waals surface area contributed by atoms with Crippen molar-refractivity contribution >= 4 is 17.3 Å². The first-order chi connectivity index (χ1) is 11.8. The van der Waals surface area contributed by atoms with E-state index in [4.69, 9.17) is 9.47 Å². The maximum absolute atomic E-state index is 12.2. The quantitative estimate of drug-likeness (QED) is 0.812. The van der Waals surface area contributed by atoms with Crippen molar-refractivity contribution in [3.05, 3.63) is 82.9 Å². The molecule has 0 atom stereocenters. The van der Waals surface area contributed by atoms with Crippen molar-refractivity contribution in [1.29, 1.82) is 5.26 Å². The lowest BCUT2D eigenvalue weighted by molar-refractivity contribution is -0.136. The highest BCUT2D eigenvalue weighted by atomic mass is 16.5. The lowest BCUT2D eigenvalue weighted by Crippen LogP contribution is -2.18. The third-order valence-corrected chi connectivity index (χ3v) is 3.78. The van der Waals surface area contributed by atoms with Gasteiger partial charge < -0.3 is 9.47 Å². The number of rotatable bonds is 3. The molecule has 1 aliphatic heterocycles. The highest BCUT2D eigenvalue weighted by molar-refractivity contribution is 6.06. The van der Waals surface area contributed by atoms with Gasteiger partial charge in [-0.05, 0) is 5.56 Å². The van der Waals surface area contributed by atoms with E-state index in [1.54, 1.807) is 0 Å². The molecule has 118 valence electrons. The lowest BCUT2D eigenvalue weighted by Gasteiger charge is -2.23. The molecule has 1 heterocycles. The molecule has 0 unspecified atom stereocenters. The van der Waals surface area contributed by atoms with Crippen molar-refractivity contribution in [2.75, 3.05) is 13.7 Å². The van der Waals surface area contributed by atoms with Crippen LogP contribution in [-0.2, 0) is 14.3 Å². The Kier molecular flexibility index (Phi) is 4.44. The average Bonchev–Trinajstić information content (AvgIpc) is 2.67. The first kappa shape index (κ1) is 15.6. The number of ether oxygens (including phenoxy) is 2. The van der Waals surface area contributed by atoms with Gasteiger partial charge >= 0.3 is 5.97 Å². The van der Waals surface area contributed by atoms with Gasteiger partial charge in [0, 0.05) is 11.1 Å². The maximum atomic E-state index is 12.2. The van der Waals surface area contributed by atoms with E-state index in [1.807, 2.05) is 60.7 Å². The van der Waals surface area contributed by atoms with Crippen LogP contribution in [0.25, 0.3) is 11.3 Å². The Bertz CT molecular complexity index is 859. The van der Waals surface area contributed by atoms with E-state index in [9.17, 15) is 10.1 Å². The van der Waals surface area contributed by atoms with Crippen LogP contribution < -0.4 is 0 Å². The first-order valence-corrected chi connectivity index (χ1v) is 7.46. The summed E-state index contributed by atoms with van der Waals surface area (Å²) in [4.78, 5) is 12.2. The van der Waals surface area contributed by atoms with Crippen LogP contribution in [0.3, 0.4) is 0 Å². The van der Waals surface area contributed by atoms with Crippen LogP contribution in [0.2, 0.25) is 0 Å². The summed E-state index contributed by atoms with van der Waals surface area (Å²) < 4.78 is 10.6. The van der Waals surface area contributed by atoms with Crippen molar-refractivity contribution in [2.45, 2.75) is 0 Å². The smallest absolute Gasteiger partial charge is 0.337 e. The Balaban J connectivity index is 2.26. The van der Waals surface area contributed by atoms with Crippen molar-refractivity contribution in [3.63, 3.8) is 0 Å². The molecule has 0 radical (unpaired) electrons. The van der Waals surface area contributed by atoms with Gasteiger partial charge in [-0.2, -0.15) is 5.26 Å². The predicted molar refractivity (Wildman–Crippen MR) is 90.3 cm³/mol. The van der Waals surface area contributed by atoms with Gasteiger partial charge in [0.15, 0.2) is 0 Å². The van der Waals surface area contributed by atoms with E-state index >= 15 is 0 Å². The molecule has 0 aliphatic carbocycles. The third-order valence-electron chi connectivity index (χ3n) is 3.78. The van der Waals surface area contributed by atoms with Crippen LogP contribution in [0.5, 0.6) is 0 Å². The first-order valence-electron chi connectivity index (χ1n) is 7.46. The molecule has 0 bridgehead atoms. The minimum Gasteiger partial charge on any atom is -0.487 e. The lowest BCUT2D eigenvalue weighted by atomic mass is 9.89. The zero-order chi connectivity index (χ0) is 16.9. The molecule has 3 rings (SSSR count). The largest absolute Gasteiger partial charge is 0.487 e. The average molecular weight is 317 g/mol. The summed E-state index contributed by atoms with van der Waals surface area (Å²) in [5.41, 5.74) is 2.83. The van der Waals surface area contributed by atoms with Gasteiger partial charge in [0.25, 0.3) is 0 Å². The Morgan fingerprint density at radius 1 is 1.04 bits per heavy atom. The second-order valence-corrected chi connectivity index (χ2v) is 5.18. The van der Waals surface area contributed by atoms with Crippen molar-refractivity contribution in [1.82, 2.24) is 0 Å². The number of esters is 1. The Morgan fingerprint density at radius 3 is 2.17 bits per heavy atom. The summed E-state index contributed by atoms with van der Waals surface area (Å²) in [6, 6.07) is 20.9. The van der Waals surface area contributed by atoms with E-state index in [1.165, 1.54) is 7.11 Å². The molecule has 0 saturated heterocycles. The minimum absolute atomic E-state index is 0.0618. The molecule has 2 aromatic rings. The topological polar surface area (TPSA) is 59.3 Å². The normalized spacial score (nSPS) is 14.0. The SMILES string of the molecule is COC(=O)C1=C(c2ccccc2)C(C#N)=C(c2ccccc2)OC1. The summed E-state index contributed by atoms with van der Waals surface area (Å²) in [6.07, 6.45) is 0. The van der Waals surface area contributed by atoms with E-state index in [-0.39, 0.29) is 6.61 Å². The van der Waals surface area contributed by atoms with Crippen LogP contribution in [0.15, 0.2) is 71.8 Å². The fourth-order valence-corrected chi connectivity index (χ4v) is 2.68. The molecular formula is C20H15NO3. The van der Waals surface area contributed by atoms with E-state index < -0.39 is 5.97 Å². The summed E-state index contributed by atoms with van der Waals surface area (Å²) in [6.45, 7) is 0.0618. The zero-order valence-corrected chi connectivity index (χ0v) is 13.2. The highest BCUT2D eigenvalue weighted by Crippen LogP contribution is 2.37. The number of benzene rings is 2. The monoisotopic (exact) mass is 317 g/mol. The zero-order valence-electron chi connectivity index (χ0n) is 13.2. The second kappa shape index (κ2) is 6.84. The third kappa shape index (κ3) is 2.80. The van der Waals surface area contributed by atoms with Crippen molar-refractivity contribution in [3.8, 4) is 6.07 Å². The summed E-state index contributed by atoms with van der Waals surface area (Å²) in [7, 11) is 1.32. The van der Waals surface area contributed by atoms with Crippen LogP contribution in [0, 0.1) is 11.3 Å². The van der Waals surface area contributed by atoms with Crippen molar-refractivity contribution in [2.24, 2.45) is 0 Å². The summed E-state index contributed by atoms with van der Waals surface area (Å²) >= 11 is 0. The van der Waals surface area contributed by atoms with Crippen LogP contribution in [0.1, 0.15) is 11.1 Å². The van der Waals surface area contributed by atoms with Gasteiger partial charge in [-0.15, -0.1) is 0 Å². The van der Waals surface area contributed by atoms with Gasteiger partial charge in [-0.3, -0.25) is 0 Å². The van der Waals surface area contributed by atoms with Gasteiger partial charge in [0.2, 0.25) is 0 Å².